The van der Waals surface area contributed by atoms with E-state index in [2.05, 4.69) is 47.8 Å². The molecule has 1 aliphatic carbocycles. The number of hydrogen-bond donors (Lipinski definition) is 0. The summed E-state index contributed by atoms with van der Waals surface area (Å²) in [5, 5.41) is 0. The maximum absolute atomic E-state index is 12.9. The number of sulfonamides is 1. The van der Waals surface area contributed by atoms with E-state index in [1.54, 1.807) is 13.1 Å². The number of hydrogen-bond acceptors (Lipinski definition) is 2. The zero-order chi connectivity index (χ0) is 15.8. The molecule has 2 rings (SSSR count). The standard InChI is InChI=1S/C14H18Br3NO2S/c1-9-7-12(17)14(8-11(9)16)21(19,20)18(2)13-6-4-3-5-10(13)15/h7-8,10,13H,3-6H2,1-2H3. The lowest BCUT2D eigenvalue weighted by atomic mass is 9.96. The topological polar surface area (TPSA) is 37.4 Å². The van der Waals surface area contributed by atoms with E-state index in [9.17, 15) is 8.42 Å². The van der Waals surface area contributed by atoms with Crippen LogP contribution >= 0.6 is 47.8 Å². The molecule has 21 heavy (non-hydrogen) atoms. The van der Waals surface area contributed by atoms with Crippen LogP contribution in [-0.2, 0) is 10.0 Å². The second kappa shape index (κ2) is 6.99. The second-order valence-electron chi connectivity index (χ2n) is 5.42. The van der Waals surface area contributed by atoms with E-state index in [-0.39, 0.29) is 10.9 Å². The molecule has 7 heteroatoms. The molecule has 0 spiro atoms. The molecule has 0 aromatic heterocycles. The Kier molecular flexibility index (Phi) is 5.96. The molecule has 0 saturated heterocycles. The summed E-state index contributed by atoms with van der Waals surface area (Å²) in [6, 6.07) is 3.52. The van der Waals surface area contributed by atoms with Gasteiger partial charge in [0.1, 0.15) is 0 Å². The normalized spacial score (nSPS) is 23.5. The fourth-order valence-electron chi connectivity index (χ4n) is 2.63. The maximum Gasteiger partial charge on any atom is 0.244 e. The first-order valence-corrected chi connectivity index (χ1v) is 10.8. The quantitative estimate of drug-likeness (QED) is 0.553. The minimum atomic E-state index is -3.51. The summed E-state index contributed by atoms with van der Waals surface area (Å²) < 4.78 is 28.8. The Morgan fingerprint density at radius 2 is 1.76 bits per heavy atom. The third-order valence-corrected chi connectivity index (χ3v) is 8.75. The molecule has 3 nitrogen and oxygen atoms in total. The zero-order valence-electron chi connectivity index (χ0n) is 11.9. The molecule has 1 fully saturated rings. The lowest BCUT2D eigenvalue weighted by Gasteiger charge is -2.34. The van der Waals surface area contributed by atoms with Gasteiger partial charge in [0.25, 0.3) is 0 Å². The molecule has 0 radical (unpaired) electrons. The molecular weight excluding hydrogens is 486 g/mol. The molecule has 1 aromatic rings. The van der Waals surface area contributed by atoms with Gasteiger partial charge >= 0.3 is 0 Å². The monoisotopic (exact) mass is 501 g/mol. The highest BCUT2D eigenvalue weighted by atomic mass is 79.9. The second-order valence-corrected chi connectivity index (χ2v) is 10.3. The number of halogens is 3. The summed E-state index contributed by atoms with van der Waals surface area (Å²) in [5.41, 5.74) is 1.000. The highest BCUT2D eigenvalue weighted by molar-refractivity contribution is 9.11. The van der Waals surface area contributed by atoms with Gasteiger partial charge in [0.15, 0.2) is 0 Å². The van der Waals surface area contributed by atoms with E-state index in [4.69, 9.17) is 0 Å². The van der Waals surface area contributed by atoms with Crippen LogP contribution in [-0.4, -0.2) is 30.6 Å². The van der Waals surface area contributed by atoms with Gasteiger partial charge in [0.05, 0.1) is 4.90 Å². The molecule has 1 aromatic carbocycles. The van der Waals surface area contributed by atoms with Gasteiger partial charge in [-0.1, -0.05) is 44.7 Å². The lowest BCUT2D eigenvalue weighted by Crippen LogP contribution is -2.44. The van der Waals surface area contributed by atoms with Gasteiger partial charge in [-0.05, 0) is 53.4 Å². The van der Waals surface area contributed by atoms with Crippen LogP contribution in [0.2, 0.25) is 0 Å². The number of alkyl halides is 1. The smallest absolute Gasteiger partial charge is 0.207 e. The van der Waals surface area contributed by atoms with Crippen LogP contribution in [0.1, 0.15) is 31.2 Å². The molecule has 0 amide bonds. The first-order valence-electron chi connectivity index (χ1n) is 6.83. The minimum absolute atomic E-state index is 0.00993. The molecule has 0 bridgehead atoms. The summed E-state index contributed by atoms with van der Waals surface area (Å²) in [6.45, 7) is 1.94. The van der Waals surface area contributed by atoms with Crippen LogP contribution in [0, 0.1) is 6.92 Å². The van der Waals surface area contributed by atoms with Crippen molar-refractivity contribution in [3.05, 3.63) is 26.6 Å². The van der Waals surface area contributed by atoms with Crippen molar-refractivity contribution < 1.29 is 8.42 Å². The third kappa shape index (κ3) is 3.74. The van der Waals surface area contributed by atoms with Crippen LogP contribution in [0.15, 0.2) is 26.0 Å². The number of nitrogens with zero attached hydrogens (tertiary/aromatic N) is 1. The van der Waals surface area contributed by atoms with Crippen LogP contribution in [0.3, 0.4) is 0 Å². The highest BCUT2D eigenvalue weighted by Gasteiger charge is 2.35. The van der Waals surface area contributed by atoms with Crippen molar-refractivity contribution in [2.24, 2.45) is 0 Å². The molecule has 0 aliphatic heterocycles. The molecule has 0 N–H and O–H groups in total. The molecule has 2 atom stereocenters. The van der Waals surface area contributed by atoms with E-state index in [1.165, 1.54) is 4.31 Å². The summed E-state index contributed by atoms with van der Waals surface area (Å²) in [7, 11) is -1.83. The summed E-state index contributed by atoms with van der Waals surface area (Å²) in [4.78, 5) is 0.534. The van der Waals surface area contributed by atoms with Gasteiger partial charge < -0.3 is 0 Å². The number of benzene rings is 1. The Bertz CT molecular complexity index is 633. The summed E-state index contributed by atoms with van der Waals surface area (Å²) in [5.74, 6) is 0. The fraction of sp³-hybridized carbons (Fsp3) is 0.571. The zero-order valence-corrected chi connectivity index (χ0v) is 17.5. The van der Waals surface area contributed by atoms with Crippen LogP contribution < -0.4 is 0 Å². The van der Waals surface area contributed by atoms with Gasteiger partial charge in [0.2, 0.25) is 10.0 Å². The van der Waals surface area contributed by atoms with Gasteiger partial charge in [-0.15, -0.1) is 0 Å². The lowest BCUT2D eigenvalue weighted by molar-refractivity contribution is 0.297. The van der Waals surface area contributed by atoms with Gasteiger partial charge in [0, 0.05) is 26.9 Å². The molecule has 1 saturated carbocycles. The average molecular weight is 504 g/mol. The van der Waals surface area contributed by atoms with Crippen LogP contribution in [0.25, 0.3) is 0 Å². The Balaban J connectivity index is 2.39. The fourth-order valence-corrected chi connectivity index (χ4v) is 6.79. The first-order chi connectivity index (χ1) is 9.75. The Hall–Kier alpha value is 0.570. The molecule has 118 valence electrons. The number of aryl methyl sites for hydroxylation is 1. The molecule has 1 aliphatic rings. The number of rotatable bonds is 3. The largest absolute Gasteiger partial charge is 0.244 e. The van der Waals surface area contributed by atoms with Crippen molar-refractivity contribution in [3.8, 4) is 0 Å². The van der Waals surface area contributed by atoms with Gasteiger partial charge in [-0.3, -0.25) is 0 Å². The summed E-state index contributed by atoms with van der Waals surface area (Å²) >= 11 is 10.4. The van der Waals surface area contributed by atoms with Crippen LogP contribution in [0.5, 0.6) is 0 Å². The summed E-state index contributed by atoms with van der Waals surface area (Å²) in [6.07, 6.45) is 4.14. The average Bonchev–Trinajstić information content (AvgIpc) is 2.42. The maximum atomic E-state index is 12.9. The van der Waals surface area contributed by atoms with E-state index >= 15 is 0 Å². The van der Waals surface area contributed by atoms with Crippen molar-refractivity contribution in [1.29, 1.82) is 0 Å². The van der Waals surface area contributed by atoms with Gasteiger partial charge in [-0.2, -0.15) is 4.31 Å². The predicted molar refractivity (Wildman–Crippen MR) is 96.5 cm³/mol. The van der Waals surface area contributed by atoms with Crippen molar-refractivity contribution in [2.45, 2.75) is 48.4 Å². The van der Waals surface area contributed by atoms with E-state index < -0.39 is 10.0 Å². The van der Waals surface area contributed by atoms with E-state index in [0.717, 1.165) is 35.7 Å². The third-order valence-electron chi connectivity index (χ3n) is 3.98. The Morgan fingerprint density at radius 3 is 2.38 bits per heavy atom. The molecule has 2 unspecified atom stereocenters. The molecular formula is C14H18Br3NO2S. The van der Waals surface area contributed by atoms with Crippen molar-refractivity contribution >= 4 is 57.8 Å². The van der Waals surface area contributed by atoms with E-state index in [0.29, 0.717) is 9.37 Å². The molecule has 0 heterocycles. The minimum Gasteiger partial charge on any atom is -0.207 e. The van der Waals surface area contributed by atoms with Crippen molar-refractivity contribution in [1.82, 2.24) is 4.31 Å². The Morgan fingerprint density at radius 1 is 1.14 bits per heavy atom. The highest BCUT2D eigenvalue weighted by Crippen LogP contribution is 2.34. The first kappa shape index (κ1) is 17.9. The van der Waals surface area contributed by atoms with Gasteiger partial charge in [-0.25, -0.2) is 8.42 Å². The van der Waals surface area contributed by atoms with E-state index in [1.807, 2.05) is 13.0 Å². The Labute approximate surface area is 151 Å². The van der Waals surface area contributed by atoms with Crippen molar-refractivity contribution in [2.75, 3.05) is 7.05 Å². The van der Waals surface area contributed by atoms with Crippen molar-refractivity contribution in [3.63, 3.8) is 0 Å². The SMILES string of the molecule is Cc1cc(Br)c(S(=O)(=O)N(C)C2CCCCC2Br)cc1Br. The predicted octanol–water partition coefficient (Wildman–Crippen LogP) is 4.85. The van der Waals surface area contributed by atoms with Crippen LogP contribution in [0.4, 0.5) is 0 Å².